The van der Waals surface area contributed by atoms with Gasteiger partial charge in [0.25, 0.3) is 0 Å². The van der Waals surface area contributed by atoms with E-state index < -0.39 is 0 Å². The highest BCUT2D eigenvalue weighted by Crippen LogP contribution is 2.28. The van der Waals surface area contributed by atoms with Crippen LogP contribution in [0.3, 0.4) is 0 Å². The second-order valence-corrected chi connectivity index (χ2v) is 4.54. The van der Waals surface area contributed by atoms with E-state index >= 15 is 0 Å². The van der Waals surface area contributed by atoms with Gasteiger partial charge in [-0.05, 0) is 51.0 Å². The van der Waals surface area contributed by atoms with Crippen molar-refractivity contribution < 1.29 is 9.47 Å². The number of anilines is 1. The van der Waals surface area contributed by atoms with E-state index in [-0.39, 0.29) is 12.0 Å². The first kappa shape index (κ1) is 15.0. The molecule has 21 heavy (non-hydrogen) atoms. The number of ether oxygens (including phenoxy) is 2. The van der Waals surface area contributed by atoms with E-state index in [0.29, 0.717) is 19.0 Å². The van der Waals surface area contributed by atoms with Gasteiger partial charge in [-0.2, -0.15) is 9.97 Å². The molecule has 0 fully saturated rings. The van der Waals surface area contributed by atoms with Crippen LogP contribution in [0.5, 0.6) is 12.0 Å². The van der Waals surface area contributed by atoms with Crippen molar-refractivity contribution in [3.63, 3.8) is 0 Å². The van der Waals surface area contributed by atoms with Gasteiger partial charge in [0.2, 0.25) is 0 Å². The molecule has 2 aromatic rings. The Morgan fingerprint density at radius 1 is 0.905 bits per heavy atom. The Labute approximate surface area is 124 Å². The van der Waals surface area contributed by atoms with Crippen molar-refractivity contribution in [1.29, 1.82) is 0 Å². The fourth-order valence-corrected chi connectivity index (χ4v) is 1.93. The predicted octanol–water partition coefficient (Wildman–Crippen LogP) is 2.54. The molecule has 1 heterocycles. The van der Waals surface area contributed by atoms with Crippen molar-refractivity contribution in [2.75, 3.05) is 18.9 Å². The molecule has 6 nitrogen and oxygen atoms in total. The average Bonchev–Trinajstić information content (AvgIpc) is 2.45. The van der Waals surface area contributed by atoms with Gasteiger partial charge >= 0.3 is 12.0 Å². The minimum Gasteiger partial charge on any atom is -0.464 e. The molecule has 0 saturated heterocycles. The molecule has 1 aromatic heterocycles. The zero-order valence-corrected chi connectivity index (χ0v) is 12.8. The Balaban J connectivity index is 2.54. The van der Waals surface area contributed by atoms with Crippen LogP contribution in [-0.2, 0) is 0 Å². The van der Waals surface area contributed by atoms with E-state index in [1.54, 1.807) is 0 Å². The Bertz CT molecular complexity index is 620. The number of hydrogen-bond donors (Lipinski definition) is 1. The molecule has 1 aromatic carbocycles. The van der Waals surface area contributed by atoms with E-state index in [1.165, 1.54) is 0 Å². The first-order valence-corrected chi connectivity index (χ1v) is 6.94. The highest BCUT2D eigenvalue weighted by molar-refractivity contribution is 5.67. The van der Waals surface area contributed by atoms with E-state index in [9.17, 15) is 0 Å². The second kappa shape index (κ2) is 6.39. The standard InChI is InChI=1S/C15H20N4O2/c1-5-20-14-17-13(18-15(19-14)21-6-2)11-7-8-12(16)10(4)9(11)3/h7-8H,5-6,16H2,1-4H3. The van der Waals surface area contributed by atoms with Gasteiger partial charge in [0, 0.05) is 11.3 Å². The summed E-state index contributed by atoms with van der Waals surface area (Å²) in [5.41, 5.74) is 9.62. The van der Waals surface area contributed by atoms with Gasteiger partial charge in [-0.1, -0.05) is 0 Å². The number of rotatable bonds is 5. The maximum atomic E-state index is 5.92. The Morgan fingerprint density at radius 3 is 2.00 bits per heavy atom. The van der Waals surface area contributed by atoms with Gasteiger partial charge in [0.15, 0.2) is 5.82 Å². The summed E-state index contributed by atoms with van der Waals surface area (Å²) >= 11 is 0. The third-order valence-corrected chi connectivity index (χ3v) is 3.21. The monoisotopic (exact) mass is 288 g/mol. The van der Waals surface area contributed by atoms with Crippen LogP contribution in [0.15, 0.2) is 12.1 Å². The minimum atomic E-state index is 0.264. The first-order chi connectivity index (χ1) is 10.1. The summed E-state index contributed by atoms with van der Waals surface area (Å²) in [5, 5.41) is 0. The van der Waals surface area contributed by atoms with E-state index in [4.69, 9.17) is 15.2 Å². The molecule has 0 aliphatic rings. The van der Waals surface area contributed by atoms with Crippen LogP contribution in [0, 0.1) is 13.8 Å². The third-order valence-electron chi connectivity index (χ3n) is 3.21. The van der Waals surface area contributed by atoms with Crippen LogP contribution in [0.2, 0.25) is 0 Å². The highest BCUT2D eigenvalue weighted by atomic mass is 16.5. The average molecular weight is 288 g/mol. The summed E-state index contributed by atoms with van der Waals surface area (Å²) in [6.07, 6.45) is 0. The van der Waals surface area contributed by atoms with Gasteiger partial charge in [0.05, 0.1) is 13.2 Å². The quantitative estimate of drug-likeness (QED) is 0.851. The summed E-state index contributed by atoms with van der Waals surface area (Å²) in [5.74, 6) is 0.525. The predicted molar refractivity (Wildman–Crippen MR) is 81.5 cm³/mol. The summed E-state index contributed by atoms with van der Waals surface area (Å²) < 4.78 is 10.8. The third kappa shape index (κ3) is 3.21. The van der Waals surface area contributed by atoms with Gasteiger partial charge in [-0.3, -0.25) is 0 Å². The first-order valence-electron chi connectivity index (χ1n) is 6.94. The summed E-state index contributed by atoms with van der Waals surface area (Å²) in [7, 11) is 0. The number of nitrogens with two attached hydrogens (primary N) is 1. The molecular formula is C15H20N4O2. The van der Waals surface area contributed by atoms with Crippen LogP contribution in [0.25, 0.3) is 11.4 Å². The lowest BCUT2D eigenvalue weighted by Crippen LogP contribution is -2.06. The van der Waals surface area contributed by atoms with Gasteiger partial charge in [-0.25, -0.2) is 0 Å². The van der Waals surface area contributed by atoms with Crippen LogP contribution in [-0.4, -0.2) is 28.2 Å². The molecule has 0 unspecified atom stereocenters. The van der Waals surface area contributed by atoms with Crippen molar-refractivity contribution >= 4 is 5.69 Å². The fraction of sp³-hybridized carbons (Fsp3) is 0.400. The van der Waals surface area contributed by atoms with Crippen molar-refractivity contribution in [1.82, 2.24) is 15.0 Å². The Kier molecular flexibility index (Phi) is 4.57. The fourth-order valence-electron chi connectivity index (χ4n) is 1.93. The molecule has 0 bridgehead atoms. The van der Waals surface area contributed by atoms with Crippen molar-refractivity contribution in [2.24, 2.45) is 0 Å². The highest BCUT2D eigenvalue weighted by Gasteiger charge is 2.14. The van der Waals surface area contributed by atoms with E-state index in [2.05, 4.69) is 15.0 Å². The molecule has 6 heteroatoms. The summed E-state index contributed by atoms with van der Waals surface area (Å²) in [4.78, 5) is 12.8. The van der Waals surface area contributed by atoms with Crippen molar-refractivity contribution in [3.8, 4) is 23.4 Å². The van der Waals surface area contributed by atoms with Crippen LogP contribution >= 0.6 is 0 Å². The molecule has 2 N–H and O–H groups in total. The van der Waals surface area contributed by atoms with Crippen LogP contribution < -0.4 is 15.2 Å². The molecule has 2 rings (SSSR count). The molecule has 0 aliphatic heterocycles. The molecular weight excluding hydrogens is 268 g/mol. The number of nitrogens with zero attached hydrogens (tertiary/aromatic N) is 3. The smallest absolute Gasteiger partial charge is 0.323 e. The number of aromatic nitrogens is 3. The Hall–Kier alpha value is -2.37. The lowest BCUT2D eigenvalue weighted by molar-refractivity contribution is 0.280. The largest absolute Gasteiger partial charge is 0.464 e. The lowest BCUT2D eigenvalue weighted by atomic mass is 10.0. The second-order valence-electron chi connectivity index (χ2n) is 4.54. The molecule has 0 radical (unpaired) electrons. The van der Waals surface area contributed by atoms with Gasteiger partial charge in [0.1, 0.15) is 0 Å². The van der Waals surface area contributed by atoms with E-state index in [0.717, 1.165) is 22.4 Å². The van der Waals surface area contributed by atoms with Gasteiger partial charge < -0.3 is 15.2 Å². The SMILES string of the molecule is CCOc1nc(OCC)nc(-c2ccc(N)c(C)c2C)n1. The van der Waals surface area contributed by atoms with Crippen LogP contribution in [0.4, 0.5) is 5.69 Å². The number of benzene rings is 1. The molecule has 0 spiro atoms. The van der Waals surface area contributed by atoms with Crippen molar-refractivity contribution in [3.05, 3.63) is 23.3 Å². The number of hydrogen-bond acceptors (Lipinski definition) is 6. The minimum absolute atomic E-state index is 0.264. The summed E-state index contributed by atoms with van der Waals surface area (Å²) in [6, 6.07) is 4.28. The molecule has 0 saturated carbocycles. The van der Waals surface area contributed by atoms with E-state index in [1.807, 2.05) is 39.8 Å². The summed E-state index contributed by atoms with van der Waals surface area (Å²) in [6.45, 7) is 8.68. The molecule has 0 aliphatic carbocycles. The number of nitrogen functional groups attached to an aromatic ring is 1. The topological polar surface area (TPSA) is 83.2 Å². The maximum Gasteiger partial charge on any atom is 0.323 e. The van der Waals surface area contributed by atoms with Crippen molar-refractivity contribution in [2.45, 2.75) is 27.7 Å². The lowest BCUT2D eigenvalue weighted by Gasteiger charge is -2.11. The maximum absolute atomic E-state index is 5.92. The molecule has 112 valence electrons. The van der Waals surface area contributed by atoms with Crippen LogP contribution in [0.1, 0.15) is 25.0 Å². The Morgan fingerprint density at radius 2 is 1.48 bits per heavy atom. The zero-order valence-electron chi connectivity index (χ0n) is 12.8. The van der Waals surface area contributed by atoms with Gasteiger partial charge in [-0.15, -0.1) is 4.98 Å². The normalized spacial score (nSPS) is 10.5. The molecule has 0 atom stereocenters. The zero-order chi connectivity index (χ0) is 15.4. The molecule has 0 amide bonds.